The lowest BCUT2D eigenvalue weighted by atomic mass is 10.1. The van der Waals surface area contributed by atoms with Crippen LogP contribution in [0.5, 0.6) is 0 Å². The van der Waals surface area contributed by atoms with Crippen LogP contribution in [0, 0.1) is 0 Å². The van der Waals surface area contributed by atoms with Crippen molar-refractivity contribution < 1.29 is 5.11 Å². The summed E-state index contributed by atoms with van der Waals surface area (Å²) in [5, 5.41) is 10.8. The van der Waals surface area contributed by atoms with Gasteiger partial charge < -0.3 is 10.0 Å². The standard InChI is InChI=1S/C24H25NO/c26-24(21-10-5-2-6-11-21)18-25(17-19-8-3-1-4-9-19)23-15-14-20-12-7-13-22(20)16-23/h1-6,8-11,14-16,24,26H,7,12-13,17-18H2. The summed E-state index contributed by atoms with van der Waals surface area (Å²) < 4.78 is 0. The molecule has 3 aromatic rings. The molecule has 0 bridgehead atoms. The van der Waals surface area contributed by atoms with E-state index in [2.05, 4.69) is 47.4 Å². The minimum atomic E-state index is -0.506. The number of nitrogens with zero attached hydrogens (tertiary/aromatic N) is 1. The highest BCUT2D eigenvalue weighted by atomic mass is 16.3. The normalized spacial score (nSPS) is 14.0. The van der Waals surface area contributed by atoms with Gasteiger partial charge in [0.15, 0.2) is 0 Å². The van der Waals surface area contributed by atoms with Gasteiger partial charge in [0, 0.05) is 18.8 Å². The van der Waals surface area contributed by atoms with Crippen LogP contribution in [-0.4, -0.2) is 11.7 Å². The number of rotatable bonds is 6. The molecule has 0 spiro atoms. The minimum Gasteiger partial charge on any atom is -0.387 e. The summed E-state index contributed by atoms with van der Waals surface area (Å²) in [4.78, 5) is 2.30. The van der Waals surface area contributed by atoms with Gasteiger partial charge in [-0.15, -0.1) is 0 Å². The van der Waals surface area contributed by atoms with Crippen molar-refractivity contribution in [2.75, 3.05) is 11.4 Å². The lowest BCUT2D eigenvalue weighted by Crippen LogP contribution is -2.28. The Kier molecular flexibility index (Phi) is 5.03. The van der Waals surface area contributed by atoms with E-state index in [-0.39, 0.29) is 0 Å². The second kappa shape index (κ2) is 7.76. The summed E-state index contributed by atoms with van der Waals surface area (Å²) in [5.74, 6) is 0. The highest BCUT2D eigenvalue weighted by Crippen LogP contribution is 2.29. The molecule has 0 amide bonds. The lowest BCUT2D eigenvalue weighted by Gasteiger charge is -2.28. The molecule has 2 nitrogen and oxygen atoms in total. The lowest BCUT2D eigenvalue weighted by molar-refractivity contribution is 0.183. The molecule has 1 N–H and O–H groups in total. The molecule has 1 unspecified atom stereocenters. The van der Waals surface area contributed by atoms with Crippen molar-refractivity contribution in [1.29, 1.82) is 0 Å². The number of anilines is 1. The molecule has 132 valence electrons. The van der Waals surface area contributed by atoms with Crippen LogP contribution in [0.2, 0.25) is 0 Å². The molecule has 1 aliphatic carbocycles. The number of aliphatic hydroxyl groups is 1. The Bertz CT molecular complexity index is 845. The van der Waals surface area contributed by atoms with Gasteiger partial charge in [-0.3, -0.25) is 0 Å². The van der Waals surface area contributed by atoms with E-state index < -0.39 is 6.10 Å². The topological polar surface area (TPSA) is 23.5 Å². The van der Waals surface area contributed by atoms with Gasteiger partial charge in [-0.2, -0.15) is 0 Å². The van der Waals surface area contributed by atoms with E-state index in [4.69, 9.17) is 0 Å². The van der Waals surface area contributed by atoms with Crippen molar-refractivity contribution in [3.63, 3.8) is 0 Å². The predicted octanol–water partition coefficient (Wildman–Crippen LogP) is 4.92. The van der Waals surface area contributed by atoms with Crippen LogP contribution in [0.4, 0.5) is 5.69 Å². The van der Waals surface area contributed by atoms with E-state index in [1.807, 2.05) is 36.4 Å². The number of hydrogen-bond donors (Lipinski definition) is 1. The molecule has 0 saturated carbocycles. The molecule has 0 fully saturated rings. The van der Waals surface area contributed by atoms with E-state index in [1.165, 1.54) is 41.6 Å². The first kappa shape index (κ1) is 16.9. The zero-order chi connectivity index (χ0) is 17.8. The quantitative estimate of drug-likeness (QED) is 0.687. The molecule has 26 heavy (non-hydrogen) atoms. The van der Waals surface area contributed by atoms with Crippen LogP contribution in [0.15, 0.2) is 78.9 Å². The van der Waals surface area contributed by atoms with Crippen LogP contribution in [-0.2, 0) is 19.4 Å². The summed E-state index contributed by atoms with van der Waals surface area (Å²) in [6.07, 6.45) is 3.11. The molecule has 4 rings (SSSR count). The maximum Gasteiger partial charge on any atom is 0.0964 e. The monoisotopic (exact) mass is 343 g/mol. The van der Waals surface area contributed by atoms with E-state index in [0.29, 0.717) is 6.54 Å². The molecule has 1 aliphatic rings. The molecule has 0 saturated heterocycles. The highest BCUT2D eigenvalue weighted by molar-refractivity contribution is 5.53. The summed E-state index contributed by atoms with van der Waals surface area (Å²) in [7, 11) is 0. The zero-order valence-electron chi connectivity index (χ0n) is 15.0. The van der Waals surface area contributed by atoms with Gasteiger partial charge in [0.05, 0.1) is 6.10 Å². The van der Waals surface area contributed by atoms with Gasteiger partial charge in [-0.25, -0.2) is 0 Å². The van der Waals surface area contributed by atoms with Crippen molar-refractivity contribution in [2.24, 2.45) is 0 Å². The highest BCUT2D eigenvalue weighted by Gasteiger charge is 2.17. The third-order valence-corrected chi connectivity index (χ3v) is 5.24. The summed E-state index contributed by atoms with van der Waals surface area (Å²) in [6, 6.07) is 27.2. The van der Waals surface area contributed by atoms with Crippen LogP contribution >= 0.6 is 0 Å². The third kappa shape index (κ3) is 3.81. The number of fused-ring (bicyclic) bond motifs is 1. The number of benzene rings is 3. The maximum absolute atomic E-state index is 10.8. The largest absolute Gasteiger partial charge is 0.387 e. The van der Waals surface area contributed by atoms with E-state index in [1.54, 1.807) is 0 Å². The van der Waals surface area contributed by atoms with Crippen molar-refractivity contribution in [2.45, 2.75) is 31.9 Å². The first-order valence-electron chi connectivity index (χ1n) is 9.43. The number of aryl methyl sites for hydroxylation is 2. The number of hydrogen-bond acceptors (Lipinski definition) is 2. The zero-order valence-corrected chi connectivity index (χ0v) is 15.0. The van der Waals surface area contributed by atoms with Gasteiger partial charge in [-0.1, -0.05) is 66.7 Å². The van der Waals surface area contributed by atoms with Crippen molar-refractivity contribution in [3.05, 3.63) is 101 Å². The second-order valence-corrected chi connectivity index (χ2v) is 7.10. The summed E-state index contributed by atoms with van der Waals surface area (Å²) in [5.41, 5.74) is 6.37. The first-order chi connectivity index (χ1) is 12.8. The van der Waals surface area contributed by atoms with Crippen molar-refractivity contribution >= 4 is 5.69 Å². The number of aliphatic hydroxyl groups excluding tert-OH is 1. The van der Waals surface area contributed by atoms with Gasteiger partial charge in [0.2, 0.25) is 0 Å². The molecule has 3 aromatic carbocycles. The average molecular weight is 343 g/mol. The first-order valence-corrected chi connectivity index (χ1v) is 9.43. The van der Waals surface area contributed by atoms with E-state index >= 15 is 0 Å². The Morgan fingerprint density at radius 2 is 1.50 bits per heavy atom. The molecule has 1 atom stereocenters. The van der Waals surface area contributed by atoms with Crippen LogP contribution in [0.3, 0.4) is 0 Å². The van der Waals surface area contributed by atoms with Gasteiger partial charge in [-0.05, 0) is 53.6 Å². The molecule has 0 heterocycles. The molecule has 0 aliphatic heterocycles. The Balaban J connectivity index is 1.61. The van der Waals surface area contributed by atoms with Gasteiger partial charge >= 0.3 is 0 Å². The third-order valence-electron chi connectivity index (χ3n) is 5.24. The minimum absolute atomic E-state index is 0.506. The fraction of sp³-hybridized carbons (Fsp3) is 0.250. The Morgan fingerprint density at radius 3 is 2.27 bits per heavy atom. The van der Waals surface area contributed by atoms with Crippen molar-refractivity contribution in [1.82, 2.24) is 0 Å². The summed E-state index contributed by atoms with van der Waals surface area (Å²) >= 11 is 0. The maximum atomic E-state index is 10.8. The van der Waals surface area contributed by atoms with E-state index in [0.717, 1.165) is 12.1 Å². The van der Waals surface area contributed by atoms with Gasteiger partial charge in [0.25, 0.3) is 0 Å². The molecule has 0 aromatic heterocycles. The summed E-state index contributed by atoms with van der Waals surface area (Å²) in [6.45, 7) is 1.38. The SMILES string of the molecule is OC(CN(Cc1ccccc1)c1ccc2c(c1)CCC2)c1ccccc1. The van der Waals surface area contributed by atoms with Crippen LogP contribution < -0.4 is 4.90 Å². The van der Waals surface area contributed by atoms with Gasteiger partial charge in [0.1, 0.15) is 0 Å². The van der Waals surface area contributed by atoms with Crippen LogP contribution in [0.25, 0.3) is 0 Å². The van der Waals surface area contributed by atoms with Crippen molar-refractivity contribution in [3.8, 4) is 0 Å². The Labute approximate surface area is 155 Å². The van der Waals surface area contributed by atoms with Crippen LogP contribution in [0.1, 0.15) is 34.8 Å². The fourth-order valence-corrected chi connectivity index (χ4v) is 3.81. The Morgan fingerprint density at radius 1 is 0.808 bits per heavy atom. The fourth-order valence-electron chi connectivity index (χ4n) is 3.81. The second-order valence-electron chi connectivity index (χ2n) is 7.10. The smallest absolute Gasteiger partial charge is 0.0964 e. The molecule has 2 heteroatoms. The molecule has 0 radical (unpaired) electrons. The molecular weight excluding hydrogens is 318 g/mol. The predicted molar refractivity (Wildman–Crippen MR) is 107 cm³/mol. The molecular formula is C24H25NO. The van der Waals surface area contributed by atoms with E-state index in [9.17, 15) is 5.11 Å². The Hall–Kier alpha value is -2.58. The average Bonchev–Trinajstić information content (AvgIpc) is 3.17.